The van der Waals surface area contributed by atoms with Gasteiger partial charge in [-0.2, -0.15) is 10.2 Å². The number of hydrogen-bond acceptors (Lipinski definition) is 4. The minimum atomic E-state index is 0.513. The third-order valence-electron chi connectivity index (χ3n) is 5.35. The molecule has 27 heavy (non-hydrogen) atoms. The first kappa shape index (κ1) is 17.8. The molecule has 0 unspecified atom stereocenters. The quantitative estimate of drug-likeness (QED) is 0.700. The van der Waals surface area contributed by atoms with Crippen LogP contribution in [0.15, 0.2) is 61.2 Å². The van der Waals surface area contributed by atoms with Gasteiger partial charge in [-0.1, -0.05) is 0 Å². The Morgan fingerprint density at radius 1 is 1.00 bits per heavy atom. The normalized spacial score (nSPS) is 16.6. The number of nitrogens with zero attached hydrogens (tertiary/aromatic N) is 5. The second-order valence-electron chi connectivity index (χ2n) is 7.35. The molecule has 0 aliphatic carbocycles. The van der Waals surface area contributed by atoms with Crippen LogP contribution in [0.1, 0.15) is 26.2 Å². The van der Waals surface area contributed by atoms with Crippen molar-refractivity contribution in [1.29, 1.82) is 0 Å². The summed E-state index contributed by atoms with van der Waals surface area (Å²) in [6.07, 6.45) is 11.1. The molecule has 0 spiro atoms. The smallest absolute Gasteiger partial charge is 0.0647 e. The van der Waals surface area contributed by atoms with E-state index in [0.29, 0.717) is 12.1 Å². The summed E-state index contributed by atoms with van der Waals surface area (Å²) in [5.41, 5.74) is 2.40. The number of nitrogens with one attached hydrogen (secondary N) is 1. The monoisotopic (exact) mass is 364 g/mol. The molecule has 3 aromatic rings. The van der Waals surface area contributed by atoms with Crippen molar-refractivity contribution < 1.29 is 0 Å². The highest BCUT2D eigenvalue weighted by Crippen LogP contribution is 2.22. The number of piperidine rings is 1. The third-order valence-corrected chi connectivity index (χ3v) is 5.35. The Bertz CT molecular complexity index is 786. The van der Waals surface area contributed by atoms with E-state index in [1.807, 2.05) is 46.3 Å². The van der Waals surface area contributed by atoms with Gasteiger partial charge in [-0.3, -0.25) is 4.68 Å². The molecule has 3 heterocycles. The molecule has 1 saturated heterocycles. The first-order chi connectivity index (χ1) is 13.3. The fraction of sp³-hybridized carbons (Fsp3) is 0.429. The molecule has 0 saturated carbocycles. The molecule has 6 nitrogen and oxygen atoms in total. The van der Waals surface area contributed by atoms with Crippen LogP contribution >= 0.6 is 0 Å². The van der Waals surface area contributed by atoms with E-state index < -0.39 is 0 Å². The molecule has 0 radical (unpaired) electrons. The second-order valence-corrected chi connectivity index (χ2v) is 7.35. The zero-order chi connectivity index (χ0) is 18.5. The average Bonchev–Trinajstić information content (AvgIpc) is 3.41. The SMILES string of the molecule is C[C@H](CCn1cccn1)NC1CCN(c2ccc(-n3cccn3)cc2)CC1. The Labute approximate surface area is 160 Å². The van der Waals surface area contributed by atoms with Crippen LogP contribution in [-0.2, 0) is 6.54 Å². The molecule has 4 rings (SSSR count). The standard InChI is InChI=1S/C21H28N6/c1-18(8-17-26-13-2-11-22-26)24-19-9-15-25(16-10-19)20-4-6-21(7-5-20)27-14-3-12-23-27/h2-7,11-14,18-19,24H,8-10,15-17H2,1H3/t18-/m1/s1. The van der Waals surface area contributed by atoms with E-state index in [9.17, 15) is 0 Å². The van der Waals surface area contributed by atoms with Crippen LogP contribution in [0.3, 0.4) is 0 Å². The minimum absolute atomic E-state index is 0.513. The Balaban J connectivity index is 1.23. The summed E-state index contributed by atoms with van der Waals surface area (Å²) in [6.45, 7) is 5.46. The summed E-state index contributed by atoms with van der Waals surface area (Å²) in [5, 5.41) is 12.4. The molecule has 142 valence electrons. The highest BCUT2D eigenvalue weighted by Gasteiger charge is 2.20. The number of rotatable bonds is 7. The Morgan fingerprint density at radius 3 is 2.37 bits per heavy atom. The molecule has 6 heteroatoms. The number of hydrogen-bond donors (Lipinski definition) is 1. The Morgan fingerprint density at radius 2 is 1.70 bits per heavy atom. The summed E-state index contributed by atoms with van der Waals surface area (Å²) < 4.78 is 3.90. The summed E-state index contributed by atoms with van der Waals surface area (Å²) in [7, 11) is 0. The van der Waals surface area contributed by atoms with Crippen molar-refractivity contribution >= 4 is 5.69 Å². The maximum absolute atomic E-state index is 4.29. The van der Waals surface area contributed by atoms with Gasteiger partial charge in [0.15, 0.2) is 0 Å². The van der Waals surface area contributed by atoms with Gasteiger partial charge in [-0.15, -0.1) is 0 Å². The van der Waals surface area contributed by atoms with Gasteiger partial charge in [0.05, 0.1) is 5.69 Å². The van der Waals surface area contributed by atoms with Gasteiger partial charge in [0.25, 0.3) is 0 Å². The predicted molar refractivity (Wildman–Crippen MR) is 108 cm³/mol. The van der Waals surface area contributed by atoms with E-state index in [1.165, 1.54) is 18.5 Å². The lowest BCUT2D eigenvalue weighted by atomic mass is 10.0. The molecular formula is C21H28N6. The topological polar surface area (TPSA) is 50.9 Å². The van der Waals surface area contributed by atoms with Gasteiger partial charge in [-0.25, -0.2) is 4.68 Å². The molecule has 1 fully saturated rings. The highest BCUT2D eigenvalue weighted by molar-refractivity contribution is 5.51. The van der Waals surface area contributed by atoms with Gasteiger partial charge in [0.1, 0.15) is 0 Å². The number of benzene rings is 1. The zero-order valence-corrected chi connectivity index (χ0v) is 15.9. The highest BCUT2D eigenvalue weighted by atomic mass is 15.3. The number of aryl methyl sites for hydroxylation is 1. The lowest BCUT2D eigenvalue weighted by Crippen LogP contribution is -2.45. The molecule has 1 aliphatic rings. The van der Waals surface area contributed by atoms with Crippen molar-refractivity contribution in [2.24, 2.45) is 0 Å². The Kier molecular flexibility index (Phi) is 5.53. The molecule has 2 aromatic heterocycles. The first-order valence-corrected chi connectivity index (χ1v) is 9.86. The average molecular weight is 364 g/mol. The van der Waals surface area contributed by atoms with Crippen molar-refractivity contribution in [3.8, 4) is 5.69 Å². The van der Waals surface area contributed by atoms with Crippen molar-refractivity contribution in [3.05, 3.63) is 61.2 Å². The van der Waals surface area contributed by atoms with Crippen LogP contribution in [0, 0.1) is 0 Å². The summed E-state index contributed by atoms with van der Waals surface area (Å²) >= 11 is 0. The van der Waals surface area contributed by atoms with Crippen molar-refractivity contribution in [2.45, 2.75) is 44.8 Å². The van der Waals surface area contributed by atoms with Crippen LogP contribution in [0.4, 0.5) is 5.69 Å². The number of anilines is 1. The van der Waals surface area contributed by atoms with Crippen LogP contribution in [0.25, 0.3) is 5.69 Å². The largest absolute Gasteiger partial charge is 0.371 e. The van der Waals surface area contributed by atoms with E-state index in [1.54, 1.807) is 0 Å². The second kappa shape index (κ2) is 8.39. The molecule has 1 aromatic carbocycles. The van der Waals surface area contributed by atoms with Crippen molar-refractivity contribution in [2.75, 3.05) is 18.0 Å². The van der Waals surface area contributed by atoms with Crippen molar-refractivity contribution in [3.63, 3.8) is 0 Å². The van der Waals surface area contributed by atoms with E-state index in [4.69, 9.17) is 0 Å². The molecule has 1 aliphatic heterocycles. The van der Waals surface area contributed by atoms with Gasteiger partial charge in [0, 0.05) is 62.2 Å². The number of aromatic nitrogens is 4. The molecular weight excluding hydrogens is 336 g/mol. The summed E-state index contributed by atoms with van der Waals surface area (Å²) in [5.74, 6) is 0. The lowest BCUT2D eigenvalue weighted by molar-refractivity contribution is 0.354. The van der Waals surface area contributed by atoms with Gasteiger partial charge >= 0.3 is 0 Å². The van der Waals surface area contributed by atoms with Gasteiger partial charge in [-0.05, 0) is 62.6 Å². The van der Waals surface area contributed by atoms with Gasteiger partial charge < -0.3 is 10.2 Å². The predicted octanol–water partition coefficient (Wildman–Crippen LogP) is 3.11. The van der Waals surface area contributed by atoms with Crippen LogP contribution in [0.5, 0.6) is 0 Å². The van der Waals surface area contributed by atoms with Crippen molar-refractivity contribution in [1.82, 2.24) is 24.9 Å². The van der Waals surface area contributed by atoms with Crippen LogP contribution in [0.2, 0.25) is 0 Å². The van der Waals surface area contributed by atoms with E-state index >= 15 is 0 Å². The zero-order valence-electron chi connectivity index (χ0n) is 15.9. The molecule has 1 N–H and O–H groups in total. The maximum Gasteiger partial charge on any atom is 0.0647 e. The first-order valence-electron chi connectivity index (χ1n) is 9.86. The molecule has 1 atom stereocenters. The summed E-state index contributed by atoms with van der Waals surface area (Å²) in [4.78, 5) is 2.49. The third kappa shape index (κ3) is 4.57. The lowest BCUT2D eigenvalue weighted by Gasteiger charge is -2.35. The van der Waals surface area contributed by atoms with Crippen LogP contribution < -0.4 is 10.2 Å². The molecule has 0 amide bonds. The fourth-order valence-electron chi connectivity index (χ4n) is 3.79. The van der Waals surface area contributed by atoms with Crippen LogP contribution in [-0.4, -0.2) is 44.7 Å². The van der Waals surface area contributed by atoms with E-state index in [-0.39, 0.29) is 0 Å². The fourth-order valence-corrected chi connectivity index (χ4v) is 3.79. The van der Waals surface area contributed by atoms with Gasteiger partial charge in [0.2, 0.25) is 0 Å². The maximum atomic E-state index is 4.29. The summed E-state index contributed by atoms with van der Waals surface area (Å²) in [6, 6.07) is 13.7. The van der Waals surface area contributed by atoms with E-state index in [2.05, 4.69) is 51.6 Å². The minimum Gasteiger partial charge on any atom is -0.371 e. The Hall–Kier alpha value is -2.60. The van der Waals surface area contributed by atoms with E-state index in [0.717, 1.165) is 31.7 Å². The molecule has 0 bridgehead atoms.